The summed E-state index contributed by atoms with van der Waals surface area (Å²) in [5.74, 6) is -1.01. The molecule has 1 aliphatic carbocycles. The van der Waals surface area contributed by atoms with Crippen LogP contribution in [0.15, 0.2) is 54.6 Å². The molecule has 9 nitrogen and oxygen atoms in total. The molecule has 0 radical (unpaired) electrons. The number of nitrogens with zero attached hydrogens (tertiary/aromatic N) is 1. The van der Waals surface area contributed by atoms with Crippen molar-refractivity contribution in [3.8, 4) is 0 Å². The Hall–Kier alpha value is -4.01. The molecule has 3 rings (SSSR count). The van der Waals surface area contributed by atoms with Crippen molar-refractivity contribution in [2.24, 2.45) is 5.92 Å². The van der Waals surface area contributed by atoms with Gasteiger partial charge < -0.3 is 5.32 Å². The van der Waals surface area contributed by atoms with E-state index < -0.39 is 16.7 Å². The molecule has 1 fully saturated rings. The lowest BCUT2D eigenvalue weighted by molar-refractivity contribution is -0.384. The predicted molar refractivity (Wildman–Crippen MR) is 106 cm³/mol. The van der Waals surface area contributed by atoms with Crippen LogP contribution in [0, 0.1) is 16.0 Å². The predicted octanol–water partition coefficient (Wildman–Crippen LogP) is 2.42. The van der Waals surface area contributed by atoms with Crippen molar-refractivity contribution in [2.75, 3.05) is 5.32 Å². The third-order valence-corrected chi connectivity index (χ3v) is 4.19. The van der Waals surface area contributed by atoms with Gasteiger partial charge in [-0.3, -0.25) is 35.3 Å². The second-order valence-corrected chi connectivity index (χ2v) is 6.47. The van der Waals surface area contributed by atoms with Gasteiger partial charge in [-0.2, -0.15) is 0 Å². The third kappa shape index (κ3) is 5.73. The van der Waals surface area contributed by atoms with E-state index >= 15 is 0 Å². The zero-order valence-corrected chi connectivity index (χ0v) is 15.3. The largest absolute Gasteiger partial charge is 0.326 e. The number of rotatable bonds is 6. The molecule has 9 heteroatoms. The van der Waals surface area contributed by atoms with Crippen molar-refractivity contribution < 1.29 is 19.3 Å². The van der Waals surface area contributed by atoms with Gasteiger partial charge in [-0.15, -0.1) is 0 Å². The zero-order chi connectivity index (χ0) is 20.8. The molecule has 3 amide bonds. The first kappa shape index (κ1) is 19.7. The molecule has 1 aliphatic rings. The number of carbonyl (C=O) groups excluding carboxylic acids is 3. The van der Waals surface area contributed by atoms with Crippen molar-refractivity contribution in [1.29, 1.82) is 0 Å². The number of hydrogen-bond donors (Lipinski definition) is 3. The number of nitro benzene ring substituents is 1. The summed E-state index contributed by atoms with van der Waals surface area (Å²) in [6.07, 6.45) is 4.47. The average molecular weight is 394 g/mol. The lowest BCUT2D eigenvalue weighted by atomic mass is 10.2. The monoisotopic (exact) mass is 394 g/mol. The Bertz CT molecular complexity index is 963. The van der Waals surface area contributed by atoms with Gasteiger partial charge in [0.1, 0.15) is 0 Å². The number of nitro groups is 1. The lowest BCUT2D eigenvalue weighted by Gasteiger charge is -2.07. The quantitative estimate of drug-likeness (QED) is 0.393. The van der Waals surface area contributed by atoms with Crippen LogP contribution in [-0.2, 0) is 9.59 Å². The minimum absolute atomic E-state index is 0.0192. The summed E-state index contributed by atoms with van der Waals surface area (Å²) in [6, 6.07) is 12.0. The van der Waals surface area contributed by atoms with Gasteiger partial charge >= 0.3 is 0 Å². The van der Waals surface area contributed by atoms with Crippen molar-refractivity contribution in [1.82, 2.24) is 10.9 Å². The smallest absolute Gasteiger partial charge is 0.269 e. The minimum atomic E-state index is -0.565. The fraction of sp³-hybridized carbons (Fsp3) is 0.150. The van der Waals surface area contributed by atoms with E-state index in [0.29, 0.717) is 16.8 Å². The molecule has 0 unspecified atom stereocenters. The highest BCUT2D eigenvalue weighted by Crippen LogP contribution is 2.30. The van der Waals surface area contributed by atoms with Gasteiger partial charge in [0.25, 0.3) is 17.5 Å². The number of non-ortho nitro benzene ring substituents is 1. The number of anilines is 1. The van der Waals surface area contributed by atoms with E-state index in [4.69, 9.17) is 0 Å². The van der Waals surface area contributed by atoms with Crippen molar-refractivity contribution >= 4 is 35.2 Å². The van der Waals surface area contributed by atoms with E-state index in [1.807, 2.05) is 0 Å². The van der Waals surface area contributed by atoms with Crippen LogP contribution in [-0.4, -0.2) is 22.6 Å². The maximum absolute atomic E-state index is 12.1. The number of benzene rings is 2. The molecule has 3 N–H and O–H groups in total. The van der Waals surface area contributed by atoms with Crippen LogP contribution >= 0.6 is 0 Å². The molecule has 0 bridgehead atoms. The number of amides is 3. The number of carbonyl (C=O) groups is 3. The Labute approximate surface area is 165 Å². The SMILES string of the molecule is O=C(/C=C/c1ccc([N+](=O)[O-])cc1)NNC(=O)c1ccc(NC(=O)C2CC2)cc1. The first-order valence-electron chi connectivity index (χ1n) is 8.86. The summed E-state index contributed by atoms with van der Waals surface area (Å²) in [5, 5.41) is 13.4. The van der Waals surface area contributed by atoms with Crippen LogP contribution < -0.4 is 16.2 Å². The van der Waals surface area contributed by atoms with Crippen molar-refractivity contribution in [3.63, 3.8) is 0 Å². The summed E-state index contributed by atoms with van der Waals surface area (Å²) in [6.45, 7) is 0. The summed E-state index contributed by atoms with van der Waals surface area (Å²) < 4.78 is 0. The molecular formula is C20H18N4O5. The zero-order valence-electron chi connectivity index (χ0n) is 15.3. The van der Waals surface area contributed by atoms with E-state index in [9.17, 15) is 24.5 Å². The highest BCUT2D eigenvalue weighted by Gasteiger charge is 2.29. The van der Waals surface area contributed by atoms with Gasteiger partial charge in [0.2, 0.25) is 5.91 Å². The van der Waals surface area contributed by atoms with E-state index in [2.05, 4.69) is 16.2 Å². The van der Waals surface area contributed by atoms with Crippen LogP contribution in [0.2, 0.25) is 0 Å². The van der Waals surface area contributed by atoms with Gasteiger partial charge in [0, 0.05) is 35.4 Å². The van der Waals surface area contributed by atoms with E-state index in [0.717, 1.165) is 12.8 Å². The van der Waals surface area contributed by atoms with Crippen LogP contribution in [0.4, 0.5) is 11.4 Å². The van der Waals surface area contributed by atoms with Crippen LogP contribution in [0.25, 0.3) is 6.08 Å². The Kier molecular flexibility index (Phi) is 5.98. The summed E-state index contributed by atoms with van der Waals surface area (Å²) in [5.41, 5.74) is 6.00. The van der Waals surface area contributed by atoms with Gasteiger partial charge in [-0.05, 0) is 60.9 Å². The molecule has 0 atom stereocenters. The first-order valence-corrected chi connectivity index (χ1v) is 8.86. The molecule has 2 aromatic rings. The van der Waals surface area contributed by atoms with Crippen LogP contribution in [0.5, 0.6) is 0 Å². The van der Waals surface area contributed by atoms with Crippen molar-refractivity contribution in [3.05, 3.63) is 75.8 Å². The maximum atomic E-state index is 12.1. The van der Waals surface area contributed by atoms with Crippen LogP contribution in [0.1, 0.15) is 28.8 Å². The Morgan fingerprint density at radius 1 is 0.966 bits per heavy atom. The highest BCUT2D eigenvalue weighted by molar-refractivity contribution is 5.99. The van der Waals surface area contributed by atoms with E-state index in [1.54, 1.807) is 12.1 Å². The molecule has 29 heavy (non-hydrogen) atoms. The van der Waals surface area contributed by atoms with Crippen molar-refractivity contribution in [2.45, 2.75) is 12.8 Å². The summed E-state index contributed by atoms with van der Waals surface area (Å²) >= 11 is 0. The van der Waals surface area contributed by atoms with E-state index in [-0.39, 0.29) is 17.5 Å². The van der Waals surface area contributed by atoms with Crippen LogP contribution in [0.3, 0.4) is 0 Å². The molecule has 1 saturated carbocycles. The molecule has 0 aliphatic heterocycles. The second kappa shape index (κ2) is 8.79. The molecule has 148 valence electrons. The standard InChI is InChI=1S/C20H18N4O5/c25-18(12-3-13-1-10-17(11-2-13)24(28)29)22-23-20(27)15-6-8-16(9-7-15)21-19(26)14-4-5-14/h1-3,6-12,14H,4-5H2,(H,21,26)(H,22,25)(H,23,27)/b12-3+. The van der Waals surface area contributed by atoms with E-state index in [1.165, 1.54) is 48.6 Å². The maximum Gasteiger partial charge on any atom is 0.269 e. The fourth-order valence-corrected chi connectivity index (χ4v) is 2.41. The molecule has 0 heterocycles. The number of nitrogens with one attached hydrogen (secondary N) is 3. The summed E-state index contributed by atoms with van der Waals surface area (Å²) in [7, 11) is 0. The van der Waals surface area contributed by atoms with Gasteiger partial charge in [0.05, 0.1) is 4.92 Å². The van der Waals surface area contributed by atoms with Gasteiger partial charge in [0.15, 0.2) is 0 Å². The minimum Gasteiger partial charge on any atom is -0.326 e. The molecule has 0 saturated heterocycles. The summed E-state index contributed by atoms with van der Waals surface area (Å²) in [4.78, 5) is 45.7. The lowest BCUT2D eigenvalue weighted by Crippen LogP contribution is -2.40. The fourth-order valence-electron chi connectivity index (χ4n) is 2.41. The molecule has 2 aromatic carbocycles. The molecular weight excluding hydrogens is 376 g/mol. The Morgan fingerprint density at radius 3 is 2.21 bits per heavy atom. The topological polar surface area (TPSA) is 130 Å². The molecule has 0 aromatic heterocycles. The van der Waals surface area contributed by atoms with Gasteiger partial charge in [-0.25, -0.2) is 0 Å². The average Bonchev–Trinajstić information content (AvgIpc) is 3.57. The number of hydrazine groups is 1. The second-order valence-electron chi connectivity index (χ2n) is 6.47. The number of hydrogen-bond acceptors (Lipinski definition) is 5. The molecule has 0 spiro atoms. The third-order valence-electron chi connectivity index (χ3n) is 4.19. The Morgan fingerprint density at radius 2 is 1.62 bits per heavy atom. The first-order chi connectivity index (χ1) is 13.9. The van der Waals surface area contributed by atoms with Gasteiger partial charge in [-0.1, -0.05) is 0 Å². The highest BCUT2D eigenvalue weighted by atomic mass is 16.6. The Balaban J connectivity index is 1.47. The normalized spacial score (nSPS) is 13.0.